The van der Waals surface area contributed by atoms with Crippen molar-refractivity contribution in [3.63, 3.8) is 0 Å². The highest BCUT2D eigenvalue weighted by Crippen LogP contribution is 2.41. The lowest BCUT2D eigenvalue weighted by Gasteiger charge is -2.33. The minimum atomic E-state index is 0.416. The van der Waals surface area contributed by atoms with Crippen molar-refractivity contribution < 1.29 is 0 Å². The van der Waals surface area contributed by atoms with Crippen LogP contribution < -0.4 is 0 Å². The summed E-state index contributed by atoms with van der Waals surface area (Å²) in [6.07, 6.45) is 13.2. The fourth-order valence-corrected chi connectivity index (χ4v) is 2.45. The van der Waals surface area contributed by atoms with E-state index in [9.17, 15) is 0 Å². The number of allylic oxidation sites excluding steroid dienone is 5. The molecule has 0 amide bonds. The van der Waals surface area contributed by atoms with Gasteiger partial charge in [-0.05, 0) is 56.9 Å². The van der Waals surface area contributed by atoms with Gasteiger partial charge in [-0.1, -0.05) is 30.7 Å². The third-order valence-electron chi connectivity index (χ3n) is 3.50. The van der Waals surface area contributed by atoms with Crippen molar-refractivity contribution in [2.24, 2.45) is 5.41 Å². The van der Waals surface area contributed by atoms with E-state index in [0.29, 0.717) is 5.41 Å². The van der Waals surface area contributed by atoms with Gasteiger partial charge in [0.2, 0.25) is 0 Å². The van der Waals surface area contributed by atoms with Crippen molar-refractivity contribution in [3.05, 3.63) is 36.0 Å². The Bertz CT molecular complexity index is 280. The molecule has 1 rings (SSSR count). The molecule has 84 valence electrons. The molecule has 15 heavy (non-hydrogen) atoms. The minimum absolute atomic E-state index is 0.416. The van der Waals surface area contributed by atoms with Gasteiger partial charge < -0.3 is 0 Å². The fourth-order valence-electron chi connectivity index (χ4n) is 2.45. The standard InChI is InChI=1S/C15H24/c1-5-14-10-6-7-11-15(14,4)12-8-9-13(2)3/h5-6,10H,2,7-9,11-12H2,1,3-4H3/b14-5+/t15-/m0/s1. The summed E-state index contributed by atoms with van der Waals surface area (Å²) in [6, 6.07) is 0. The van der Waals surface area contributed by atoms with Crippen molar-refractivity contribution in [1.82, 2.24) is 0 Å². The van der Waals surface area contributed by atoms with Crippen LogP contribution in [-0.4, -0.2) is 0 Å². The Kier molecular flexibility index (Phi) is 4.38. The highest BCUT2D eigenvalue weighted by Gasteiger charge is 2.27. The van der Waals surface area contributed by atoms with E-state index in [1.807, 2.05) is 0 Å². The molecule has 0 aromatic rings. The molecule has 0 spiro atoms. The van der Waals surface area contributed by atoms with Gasteiger partial charge in [-0.25, -0.2) is 0 Å². The number of hydrogen-bond acceptors (Lipinski definition) is 0. The summed E-state index contributed by atoms with van der Waals surface area (Å²) in [7, 11) is 0. The predicted octanol–water partition coefficient (Wildman–Crippen LogP) is 5.04. The number of rotatable bonds is 4. The van der Waals surface area contributed by atoms with Crippen LogP contribution in [0.5, 0.6) is 0 Å². The lowest BCUT2D eigenvalue weighted by molar-refractivity contribution is 0.328. The van der Waals surface area contributed by atoms with Crippen LogP contribution in [0.2, 0.25) is 0 Å². The monoisotopic (exact) mass is 204 g/mol. The first-order valence-electron chi connectivity index (χ1n) is 6.06. The van der Waals surface area contributed by atoms with E-state index in [-0.39, 0.29) is 0 Å². The Morgan fingerprint density at radius 2 is 2.33 bits per heavy atom. The molecule has 0 nitrogen and oxygen atoms in total. The maximum atomic E-state index is 3.97. The molecular formula is C15H24. The van der Waals surface area contributed by atoms with Gasteiger partial charge in [0.1, 0.15) is 0 Å². The van der Waals surface area contributed by atoms with Crippen LogP contribution >= 0.6 is 0 Å². The van der Waals surface area contributed by atoms with Crippen LogP contribution in [0.15, 0.2) is 36.0 Å². The molecule has 0 heteroatoms. The van der Waals surface area contributed by atoms with Crippen LogP contribution in [0.4, 0.5) is 0 Å². The summed E-state index contributed by atoms with van der Waals surface area (Å²) in [5.74, 6) is 0. The maximum absolute atomic E-state index is 3.97. The van der Waals surface area contributed by atoms with Gasteiger partial charge in [-0.2, -0.15) is 0 Å². The van der Waals surface area contributed by atoms with Gasteiger partial charge in [0.05, 0.1) is 0 Å². The molecule has 0 aliphatic heterocycles. The fraction of sp³-hybridized carbons (Fsp3) is 0.600. The zero-order valence-electron chi connectivity index (χ0n) is 10.5. The largest absolute Gasteiger partial charge is 0.100 e. The smallest absolute Gasteiger partial charge is 0.00756 e. The van der Waals surface area contributed by atoms with Gasteiger partial charge in [0.15, 0.2) is 0 Å². The second kappa shape index (κ2) is 5.34. The van der Waals surface area contributed by atoms with Crippen molar-refractivity contribution in [3.8, 4) is 0 Å². The molecule has 0 saturated heterocycles. The molecule has 0 bridgehead atoms. The van der Waals surface area contributed by atoms with Crippen molar-refractivity contribution in [2.45, 2.75) is 52.9 Å². The molecule has 1 atom stereocenters. The van der Waals surface area contributed by atoms with Crippen molar-refractivity contribution >= 4 is 0 Å². The summed E-state index contributed by atoms with van der Waals surface area (Å²) in [4.78, 5) is 0. The van der Waals surface area contributed by atoms with Gasteiger partial charge in [-0.15, -0.1) is 6.58 Å². The van der Waals surface area contributed by atoms with Crippen LogP contribution in [0.25, 0.3) is 0 Å². The first-order valence-corrected chi connectivity index (χ1v) is 6.06. The molecular weight excluding hydrogens is 180 g/mol. The first kappa shape index (κ1) is 12.3. The summed E-state index contributed by atoms with van der Waals surface area (Å²) < 4.78 is 0. The normalized spacial score (nSPS) is 28.3. The van der Waals surface area contributed by atoms with E-state index in [1.165, 1.54) is 43.3 Å². The second-order valence-electron chi connectivity index (χ2n) is 5.06. The average molecular weight is 204 g/mol. The highest BCUT2D eigenvalue weighted by molar-refractivity contribution is 5.28. The number of hydrogen-bond donors (Lipinski definition) is 0. The van der Waals surface area contributed by atoms with Gasteiger partial charge in [0, 0.05) is 0 Å². The van der Waals surface area contributed by atoms with Gasteiger partial charge in [0.25, 0.3) is 0 Å². The summed E-state index contributed by atoms with van der Waals surface area (Å²) in [5.41, 5.74) is 3.25. The molecule has 0 saturated carbocycles. The van der Waals surface area contributed by atoms with E-state index < -0.39 is 0 Å². The average Bonchev–Trinajstić information content (AvgIpc) is 2.17. The van der Waals surface area contributed by atoms with E-state index in [4.69, 9.17) is 0 Å². The second-order valence-corrected chi connectivity index (χ2v) is 5.06. The molecule has 0 aromatic carbocycles. The molecule has 0 radical (unpaired) electrons. The third-order valence-corrected chi connectivity index (χ3v) is 3.50. The summed E-state index contributed by atoms with van der Waals surface area (Å²) >= 11 is 0. The predicted molar refractivity (Wildman–Crippen MR) is 68.9 cm³/mol. The molecule has 1 aliphatic rings. The molecule has 0 aromatic heterocycles. The summed E-state index contributed by atoms with van der Waals surface area (Å²) in [6.45, 7) is 10.7. The molecule has 0 fully saturated rings. The Balaban J connectivity index is 2.57. The lowest BCUT2D eigenvalue weighted by atomic mass is 9.71. The summed E-state index contributed by atoms with van der Waals surface area (Å²) in [5, 5.41) is 0. The maximum Gasteiger partial charge on any atom is -0.00756 e. The third kappa shape index (κ3) is 3.37. The zero-order valence-corrected chi connectivity index (χ0v) is 10.5. The van der Waals surface area contributed by atoms with Crippen LogP contribution in [0, 0.1) is 5.41 Å². The highest BCUT2D eigenvalue weighted by atomic mass is 14.3. The quantitative estimate of drug-likeness (QED) is 0.563. The Morgan fingerprint density at radius 1 is 1.60 bits per heavy atom. The van der Waals surface area contributed by atoms with Crippen molar-refractivity contribution in [2.75, 3.05) is 0 Å². The van der Waals surface area contributed by atoms with E-state index >= 15 is 0 Å². The van der Waals surface area contributed by atoms with Crippen LogP contribution in [0.1, 0.15) is 52.9 Å². The zero-order chi connectivity index (χ0) is 11.3. The Labute approximate surface area is 94.8 Å². The lowest BCUT2D eigenvalue weighted by Crippen LogP contribution is -2.20. The van der Waals surface area contributed by atoms with Gasteiger partial charge in [-0.3, -0.25) is 0 Å². The Morgan fingerprint density at radius 3 is 2.93 bits per heavy atom. The van der Waals surface area contributed by atoms with Crippen molar-refractivity contribution in [1.29, 1.82) is 0 Å². The first-order chi connectivity index (χ1) is 7.08. The molecule has 0 unspecified atom stereocenters. The molecule has 0 N–H and O–H groups in total. The van der Waals surface area contributed by atoms with Crippen LogP contribution in [0.3, 0.4) is 0 Å². The van der Waals surface area contributed by atoms with E-state index in [0.717, 1.165) is 0 Å². The Hall–Kier alpha value is -0.780. The van der Waals surface area contributed by atoms with E-state index in [2.05, 4.69) is 45.6 Å². The molecule has 0 heterocycles. The minimum Gasteiger partial charge on any atom is -0.100 e. The SMILES string of the molecule is C=C(C)CCC[C@]1(C)CCC=C/C1=C\C. The topological polar surface area (TPSA) is 0 Å². The van der Waals surface area contributed by atoms with Gasteiger partial charge >= 0.3 is 0 Å². The van der Waals surface area contributed by atoms with Crippen LogP contribution in [-0.2, 0) is 0 Å². The van der Waals surface area contributed by atoms with E-state index in [1.54, 1.807) is 0 Å². The molecule has 1 aliphatic carbocycles.